The lowest BCUT2D eigenvalue weighted by molar-refractivity contribution is 0.398. The van der Waals surface area contributed by atoms with Crippen molar-refractivity contribution < 1.29 is 15.3 Å². The van der Waals surface area contributed by atoms with E-state index in [1.54, 1.807) is 32.0 Å². The van der Waals surface area contributed by atoms with E-state index in [1.165, 1.54) is 0 Å². The molecule has 2 aromatic rings. The summed E-state index contributed by atoms with van der Waals surface area (Å²) in [6, 6.07) is 6.86. The zero-order chi connectivity index (χ0) is 13.4. The Kier molecular flexibility index (Phi) is 2.91. The standard InChI is InChI=1S/C15H16O3/c1-8-9(2)14(17)15(18)10(3)13(8)11-5-4-6-12(16)7-11/h4-7,16-18H,1-3H3. The van der Waals surface area contributed by atoms with Crippen molar-refractivity contribution in [3.63, 3.8) is 0 Å². The van der Waals surface area contributed by atoms with Gasteiger partial charge in [-0.1, -0.05) is 12.1 Å². The van der Waals surface area contributed by atoms with Gasteiger partial charge >= 0.3 is 0 Å². The van der Waals surface area contributed by atoms with Crippen LogP contribution in [0, 0.1) is 20.8 Å². The highest BCUT2D eigenvalue weighted by Crippen LogP contribution is 2.42. The zero-order valence-corrected chi connectivity index (χ0v) is 10.7. The number of phenolic OH excluding ortho intramolecular Hbond substituents is 3. The molecule has 0 aliphatic rings. The lowest BCUT2D eigenvalue weighted by Crippen LogP contribution is -1.93. The van der Waals surface area contributed by atoms with Crippen LogP contribution in [0.15, 0.2) is 24.3 Å². The highest BCUT2D eigenvalue weighted by atomic mass is 16.3. The van der Waals surface area contributed by atoms with Crippen LogP contribution in [0.4, 0.5) is 0 Å². The van der Waals surface area contributed by atoms with E-state index in [4.69, 9.17) is 0 Å². The largest absolute Gasteiger partial charge is 0.508 e. The molecule has 3 nitrogen and oxygen atoms in total. The summed E-state index contributed by atoms with van der Waals surface area (Å²) in [7, 11) is 0. The van der Waals surface area contributed by atoms with Crippen molar-refractivity contribution in [1.82, 2.24) is 0 Å². The maximum atomic E-state index is 9.91. The Morgan fingerprint density at radius 1 is 0.778 bits per heavy atom. The molecule has 0 atom stereocenters. The summed E-state index contributed by atoms with van der Waals surface area (Å²) in [6.45, 7) is 5.40. The Hall–Kier alpha value is -2.16. The van der Waals surface area contributed by atoms with Crippen LogP contribution in [0.2, 0.25) is 0 Å². The van der Waals surface area contributed by atoms with Crippen molar-refractivity contribution in [3.05, 3.63) is 41.0 Å². The van der Waals surface area contributed by atoms with E-state index in [-0.39, 0.29) is 17.2 Å². The van der Waals surface area contributed by atoms with E-state index in [0.29, 0.717) is 11.1 Å². The van der Waals surface area contributed by atoms with E-state index in [2.05, 4.69) is 0 Å². The normalized spacial score (nSPS) is 10.6. The highest BCUT2D eigenvalue weighted by Gasteiger charge is 2.17. The van der Waals surface area contributed by atoms with E-state index >= 15 is 0 Å². The molecule has 2 aromatic carbocycles. The van der Waals surface area contributed by atoms with Gasteiger partial charge in [-0.05, 0) is 55.2 Å². The molecule has 0 aliphatic heterocycles. The molecular formula is C15H16O3. The van der Waals surface area contributed by atoms with Crippen LogP contribution in [-0.4, -0.2) is 15.3 Å². The third kappa shape index (κ3) is 1.78. The predicted octanol–water partition coefficient (Wildman–Crippen LogP) is 3.40. The van der Waals surface area contributed by atoms with Gasteiger partial charge in [-0.3, -0.25) is 0 Å². The van der Waals surface area contributed by atoms with Crippen LogP contribution in [0.1, 0.15) is 16.7 Å². The summed E-state index contributed by atoms with van der Waals surface area (Å²) in [4.78, 5) is 0. The maximum absolute atomic E-state index is 9.91. The third-order valence-electron chi connectivity index (χ3n) is 3.38. The van der Waals surface area contributed by atoms with Crippen molar-refractivity contribution in [3.8, 4) is 28.4 Å². The number of rotatable bonds is 1. The summed E-state index contributed by atoms with van der Waals surface area (Å²) < 4.78 is 0. The molecule has 18 heavy (non-hydrogen) atoms. The number of aromatic hydroxyl groups is 3. The number of hydrogen-bond acceptors (Lipinski definition) is 3. The smallest absolute Gasteiger partial charge is 0.161 e. The second-order valence-corrected chi connectivity index (χ2v) is 4.50. The molecule has 0 fully saturated rings. The first kappa shape index (κ1) is 12.3. The minimum Gasteiger partial charge on any atom is -0.508 e. The summed E-state index contributed by atoms with van der Waals surface area (Å²) in [5, 5.41) is 29.2. The van der Waals surface area contributed by atoms with Crippen molar-refractivity contribution >= 4 is 0 Å². The minimum atomic E-state index is -0.101. The summed E-state index contributed by atoms with van der Waals surface area (Å²) >= 11 is 0. The van der Waals surface area contributed by atoms with Gasteiger partial charge in [0.1, 0.15) is 5.75 Å². The molecule has 2 rings (SSSR count). The van der Waals surface area contributed by atoms with Gasteiger partial charge in [0.2, 0.25) is 0 Å². The molecule has 94 valence electrons. The molecule has 0 spiro atoms. The zero-order valence-electron chi connectivity index (χ0n) is 10.7. The van der Waals surface area contributed by atoms with Crippen molar-refractivity contribution in [2.24, 2.45) is 0 Å². The second kappa shape index (κ2) is 4.26. The molecule has 3 N–H and O–H groups in total. The molecule has 0 radical (unpaired) electrons. The fraction of sp³-hybridized carbons (Fsp3) is 0.200. The Morgan fingerprint density at radius 3 is 2.00 bits per heavy atom. The molecule has 0 heterocycles. The van der Waals surface area contributed by atoms with Gasteiger partial charge in [-0.25, -0.2) is 0 Å². The average Bonchev–Trinajstić information content (AvgIpc) is 2.34. The predicted molar refractivity (Wildman–Crippen MR) is 71.1 cm³/mol. The topological polar surface area (TPSA) is 60.7 Å². The van der Waals surface area contributed by atoms with Crippen LogP contribution in [0.3, 0.4) is 0 Å². The van der Waals surface area contributed by atoms with Crippen LogP contribution in [0.5, 0.6) is 17.2 Å². The molecule has 0 saturated heterocycles. The fourth-order valence-corrected chi connectivity index (χ4v) is 2.21. The monoisotopic (exact) mass is 244 g/mol. The van der Waals surface area contributed by atoms with Gasteiger partial charge < -0.3 is 15.3 Å². The van der Waals surface area contributed by atoms with Crippen molar-refractivity contribution in [2.75, 3.05) is 0 Å². The molecule has 0 amide bonds. The van der Waals surface area contributed by atoms with Crippen LogP contribution in [0.25, 0.3) is 11.1 Å². The number of hydrogen-bond donors (Lipinski definition) is 3. The van der Waals surface area contributed by atoms with Gasteiger partial charge in [0.15, 0.2) is 11.5 Å². The van der Waals surface area contributed by atoms with Gasteiger partial charge in [-0.15, -0.1) is 0 Å². The Balaban J connectivity index is 2.80. The van der Waals surface area contributed by atoms with E-state index in [9.17, 15) is 15.3 Å². The Labute approximate surface area is 106 Å². The molecule has 3 heteroatoms. The fourth-order valence-electron chi connectivity index (χ4n) is 2.21. The molecule has 0 saturated carbocycles. The van der Waals surface area contributed by atoms with E-state index < -0.39 is 0 Å². The van der Waals surface area contributed by atoms with Crippen molar-refractivity contribution in [2.45, 2.75) is 20.8 Å². The van der Waals surface area contributed by atoms with Gasteiger partial charge in [-0.2, -0.15) is 0 Å². The summed E-state index contributed by atoms with van der Waals surface area (Å²) in [5.74, 6) is 0.00173. The van der Waals surface area contributed by atoms with Crippen molar-refractivity contribution in [1.29, 1.82) is 0 Å². The Bertz CT molecular complexity index is 586. The molecule has 0 unspecified atom stereocenters. The lowest BCUT2D eigenvalue weighted by atomic mass is 9.91. The Morgan fingerprint density at radius 2 is 1.39 bits per heavy atom. The number of phenols is 3. The first-order valence-electron chi connectivity index (χ1n) is 5.74. The first-order valence-corrected chi connectivity index (χ1v) is 5.74. The SMILES string of the molecule is Cc1c(C)c(-c2cccc(O)c2)c(C)c(O)c1O. The lowest BCUT2D eigenvalue weighted by Gasteiger charge is -2.16. The second-order valence-electron chi connectivity index (χ2n) is 4.50. The summed E-state index contributed by atoms with van der Waals surface area (Å²) in [6.07, 6.45) is 0. The summed E-state index contributed by atoms with van der Waals surface area (Å²) in [5.41, 5.74) is 3.83. The average molecular weight is 244 g/mol. The van der Waals surface area contributed by atoms with Crippen LogP contribution >= 0.6 is 0 Å². The van der Waals surface area contributed by atoms with Crippen LogP contribution < -0.4 is 0 Å². The maximum Gasteiger partial charge on any atom is 0.161 e. The molecular weight excluding hydrogens is 228 g/mol. The minimum absolute atomic E-state index is 0.0751. The van der Waals surface area contributed by atoms with Crippen LogP contribution in [-0.2, 0) is 0 Å². The molecule has 0 aromatic heterocycles. The third-order valence-corrected chi connectivity index (χ3v) is 3.38. The van der Waals surface area contributed by atoms with Gasteiger partial charge in [0.05, 0.1) is 0 Å². The van der Waals surface area contributed by atoms with E-state index in [1.807, 2.05) is 13.0 Å². The number of benzene rings is 2. The van der Waals surface area contributed by atoms with Gasteiger partial charge in [0, 0.05) is 5.56 Å². The quantitative estimate of drug-likeness (QED) is 0.674. The van der Waals surface area contributed by atoms with E-state index in [0.717, 1.165) is 16.7 Å². The first-order chi connectivity index (χ1) is 8.43. The highest BCUT2D eigenvalue weighted by molar-refractivity contribution is 5.77. The molecule has 0 aliphatic carbocycles. The van der Waals surface area contributed by atoms with Gasteiger partial charge in [0.25, 0.3) is 0 Å². The molecule has 0 bridgehead atoms.